The lowest BCUT2D eigenvalue weighted by Crippen LogP contribution is -2.23. The molecular formula is C57H41N5S. The fourth-order valence-electron chi connectivity index (χ4n) is 9.42. The van der Waals surface area contributed by atoms with Crippen LogP contribution in [0.2, 0.25) is 0 Å². The highest BCUT2D eigenvalue weighted by atomic mass is 32.1. The van der Waals surface area contributed by atoms with Crippen molar-refractivity contribution < 1.29 is 0 Å². The van der Waals surface area contributed by atoms with Gasteiger partial charge in [-0.2, -0.15) is 0 Å². The van der Waals surface area contributed by atoms with Crippen molar-refractivity contribution in [3.63, 3.8) is 0 Å². The van der Waals surface area contributed by atoms with Crippen LogP contribution in [0.25, 0.3) is 54.2 Å². The summed E-state index contributed by atoms with van der Waals surface area (Å²) in [5.74, 6) is 0. The van der Waals surface area contributed by atoms with E-state index in [0.29, 0.717) is 0 Å². The van der Waals surface area contributed by atoms with Crippen molar-refractivity contribution in [1.29, 1.82) is 0 Å². The van der Waals surface area contributed by atoms with Crippen molar-refractivity contribution in [2.24, 2.45) is 0 Å². The highest BCUT2D eigenvalue weighted by Crippen LogP contribution is 2.52. The second-order valence-electron chi connectivity index (χ2n) is 16.2. The van der Waals surface area contributed by atoms with Crippen LogP contribution in [-0.2, 0) is 0 Å². The number of benzene rings is 9. The first-order valence-electron chi connectivity index (χ1n) is 21.3. The Bertz CT molecular complexity index is 3210. The third kappa shape index (κ3) is 6.18. The molecule has 10 aromatic rings. The topological polar surface area (TPSA) is 25.9 Å². The smallest absolute Gasteiger partial charge is 0.124 e. The Kier molecular flexibility index (Phi) is 8.73. The molecule has 12 rings (SSSR count). The van der Waals surface area contributed by atoms with E-state index in [0.717, 1.165) is 61.1 Å². The largest absolute Gasteiger partial charge is 0.341 e. The molecule has 2 aliphatic rings. The lowest BCUT2D eigenvalue weighted by molar-refractivity contribution is 1.13. The van der Waals surface area contributed by atoms with Crippen LogP contribution in [0.1, 0.15) is 0 Å². The molecular weight excluding hydrogens is 787 g/mol. The van der Waals surface area contributed by atoms with E-state index >= 15 is 0 Å². The zero-order valence-corrected chi connectivity index (χ0v) is 35.7. The minimum absolute atomic E-state index is 1.04. The predicted molar refractivity (Wildman–Crippen MR) is 267 cm³/mol. The standard InChI is InChI=1S/C57H41N5S/c1-59-48-14-4-8-18-52(48)61(53-19-9-5-15-49(53)59)43-32-27-38(28-33-43)42-31-36-45(39-23-25-41(26-24-39)57-58-47-13-3-12-22-56(47)63-57)46(37-42)40-29-34-44(35-30-40)62-54-20-10-6-16-50(54)60(2)51-17-7-11-21-55(51)62/h3-37H,1-2H3. The highest BCUT2D eigenvalue weighted by Gasteiger charge is 2.28. The van der Waals surface area contributed by atoms with Crippen LogP contribution in [0.5, 0.6) is 0 Å². The van der Waals surface area contributed by atoms with Gasteiger partial charge in [0.2, 0.25) is 0 Å². The summed E-state index contributed by atoms with van der Waals surface area (Å²) in [6.07, 6.45) is 0. The molecule has 6 heteroatoms. The molecule has 2 aliphatic heterocycles. The fourth-order valence-corrected chi connectivity index (χ4v) is 10.4. The van der Waals surface area contributed by atoms with Gasteiger partial charge in [0.05, 0.1) is 55.7 Å². The SMILES string of the molecule is CN1c2ccccc2N(c2ccc(-c3ccc(-c4ccc(-c5nc6ccccc6s5)cc4)c(-c4ccc(N5c6ccccc6N(C)c6ccccc65)cc4)c3)cc2)c2ccccc21. The summed E-state index contributed by atoms with van der Waals surface area (Å²) in [5, 5.41) is 1.04. The molecule has 0 amide bonds. The molecule has 0 aliphatic carbocycles. The Labute approximate surface area is 371 Å². The Morgan fingerprint density at radius 2 is 0.714 bits per heavy atom. The molecule has 0 N–H and O–H groups in total. The van der Waals surface area contributed by atoms with Gasteiger partial charge in [0.1, 0.15) is 5.01 Å². The Hall–Kier alpha value is -7.93. The maximum Gasteiger partial charge on any atom is 0.124 e. The van der Waals surface area contributed by atoms with Gasteiger partial charge in [-0.15, -0.1) is 11.3 Å². The lowest BCUT2D eigenvalue weighted by Gasteiger charge is -2.38. The zero-order chi connectivity index (χ0) is 42.0. The number of thiazole rings is 1. The summed E-state index contributed by atoms with van der Waals surface area (Å²) in [7, 11) is 4.30. The normalized spacial score (nSPS) is 12.8. The number of anilines is 10. The lowest BCUT2D eigenvalue weighted by atomic mass is 9.90. The number of aromatic nitrogens is 1. The molecule has 1 aromatic heterocycles. The van der Waals surface area contributed by atoms with Crippen molar-refractivity contribution in [3.05, 3.63) is 212 Å². The van der Waals surface area contributed by atoms with E-state index in [1.54, 1.807) is 11.3 Å². The van der Waals surface area contributed by atoms with Gasteiger partial charge in [0, 0.05) is 31.0 Å². The molecule has 300 valence electrons. The van der Waals surface area contributed by atoms with Crippen LogP contribution in [0.15, 0.2) is 212 Å². The Balaban J connectivity index is 0.941. The quantitative estimate of drug-likeness (QED) is 0.166. The predicted octanol–water partition coefficient (Wildman–Crippen LogP) is 16.1. The van der Waals surface area contributed by atoms with Gasteiger partial charge in [-0.05, 0) is 124 Å². The van der Waals surface area contributed by atoms with Gasteiger partial charge >= 0.3 is 0 Å². The first kappa shape index (κ1) is 36.9. The van der Waals surface area contributed by atoms with Gasteiger partial charge in [-0.1, -0.05) is 121 Å². The van der Waals surface area contributed by atoms with Gasteiger partial charge in [0.15, 0.2) is 0 Å². The zero-order valence-electron chi connectivity index (χ0n) is 34.9. The van der Waals surface area contributed by atoms with Gasteiger partial charge < -0.3 is 19.6 Å². The average Bonchev–Trinajstić information content (AvgIpc) is 3.79. The number of hydrogen-bond acceptors (Lipinski definition) is 6. The molecule has 0 radical (unpaired) electrons. The molecule has 5 nitrogen and oxygen atoms in total. The van der Waals surface area contributed by atoms with E-state index in [1.165, 1.54) is 50.0 Å². The average molecular weight is 828 g/mol. The molecule has 0 saturated carbocycles. The molecule has 0 bridgehead atoms. The van der Waals surface area contributed by atoms with E-state index in [-0.39, 0.29) is 0 Å². The van der Waals surface area contributed by atoms with Crippen LogP contribution in [0, 0.1) is 0 Å². The molecule has 0 fully saturated rings. The van der Waals surface area contributed by atoms with Crippen molar-refractivity contribution in [2.75, 3.05) is 33.7 Å². The third-order valence-electron chi connectivity index (χ3n) is 12.6. The van der Waals surface area contributed by atoms with E-state index in [2.05, 4.69) is 246 Å². The molecule has 0 atom stereocenters. The molecule has 0 unspecified atom stereocenters. The number of para-hydroxylation sites is 9. The minimum atomic E-state index is 1.04. The van der Waals surface area contributed by atoms with Gasteiger partial charge in [-0.3, -0.25) is 0 Å². The molecule has 9 aromatic carbocycles. The van der Waals surface area contributed by atoms with Crippen LogP contribution in [0.4, 0.5) is 56.9 Å². The third-order valence-corrected chi connectivity index (χ3v) is 13.7. The first-order chi connectivity index (χ1) is 31.1. The van der Waals surface area contributed by atoms with E-state index < -0.39 is 0 Å². The van der Waals surface area contributed by atoms with Crippen molar-refractivity contribution in [2.45, 2.75) is 0 Å². The number of hydrogen-bond donors (Lipinski definition) is 0. The van der Waals surface area contributed by atoms with Crippen LogP contribution in [-0.4, -0.2) is 19.1 Å². The van der Waals surface area contributed by atoms with Gasteiger partial charge in [0.25, 0.3) is 0 Å². The van der Waals surface area contributed by atoms with Crippen LogP contribution in [0.3, 0.4) is 0 Å². The molecule has 0 saturated heterocycles. The van der Waals surface area contributed by atoms with Crippen molar-refractivity contribution in [3.8, 4) is 44.0 Å². The Morgan fingerprint density at radius 3 is 1.21 bits per heavy atom. The summed E-state index contributed by atoms with van der Waals surface area (Å²) in [4.78, 5) is 14.3. The second-order valence-corrected chi connectivity index (χ2v) is 17.2. The maximum atomic E-state index is 4.94. The minimum Gasteiger partial charge on any atom is -0.341 e. The first-order valence-corrected chi connectivity index (χ1v) is 22.1. The summed E-state index contributed by atoms with van der Waals surface area (Å²) in [5.41, 5.74) is 20.8. The Morgan fingerprint density at radius 1 is 0.333 bits per heavy atom. The maximum absolute atomic E-state index is 4.94. The summed E-state index contributed by atoms with van der Waals surface area (Å²) in [6, 6.07) is 76.9. The number of nitrogens with zero attached hydrogens (tertiary/aromatic N) is 5. The summed E-state index contributed by atoms with van der Waals surface area (Å²) in [6.45, 7) is 0. The second kappa shape index (κ2) is 14.9. The van der Waals surface area contributed by atoms with Crippen molar-refractivity contribution >= 4 is 78.4 Å². The fraction of sp³-hybridized carbons (Fsp3) is 0.0351. The van der Waals surface area contributed by atoms with Crippen LogP contribution < -0.4 is 19.6 Å². The highest BCUT2D eigenvalue weighted by molar-refractivity contribution is 7.21. The molecule has 63 heavy (non-hydrogen) atoms. The summed E-state index contributed by atoms with van der Waals surface area (Å²) < 4.78 is 1.20. The number of fused-ring (bicyclic) bond motifs is 5. The van der Waals surface area contributed by atoms with Crippen LogP contribution >= 0.6 is 11.3 Å². The summed E-state index contributed by atoms with van der Waals surface area (Å²) >= 11 is 1.74. The van der Waals surface area contributed by atoms with E-state index in [4.69, 9.17) is 4.98 Å². The monoisotopic (exact) mass is 827 g/mol. The molecule has 0 spiro atoms. The molecule has 3 heterocycles. The van der Waals surface area contributed by atoms with Crippen molar-refractivity contribution in [1.82, 2.24) is 4.98 Å². The van der Waals surface area contributed by atoms with E-state index in [9.17, 15) is 0 Å². The van der Waals surface area contributed by atoms with Gasteiger partial charge in [-0.25, -0.2) is 4.98 Å². The van der Waals surface area contributed by atoms with E-state index in [1.807, 2.05) is 0 Å². The number of rotatable bonds is 6.